The van der Waals surface area contributed by atoms with Crippen molar-refractivity contribution in [1.29, 1.82) is 0 Å². The van der Waals surface area contributed by atoms with Gasteiger partial charge in [-0.25, -0.2) is 0 Å². The van der Waals surface area contributed by atoms with Crippen LogP contribution in [0.1, 0.15) is 5.56 Å². The molecule has 1 nitrogen and oxygen atoms in total. The van der Waals surface area contributed by atoms with Crippen LogP contribution < -0.4 is 14.2 Å². The molecule has 5 heteroatoms. The Hall–Kier alpha value is -1.45. The number of benzene rings is 2. The van der Waals surface area contributed by atoms with E-state index in [2.05, 4.69) is 5.32 Å². The van der Waals surface area contributed by atoms with Gasteiger partial charge in [-0.15, -0.1) is 0 Å². The van der Waals surface area contributed by atoms with E-state index in [1.165, 1.54) is 6.07 Å². The molecular formula is C13H8F3NSe. The van der Waals surface area contributed by atoms with Crippen molar-refractivity contribution in [3.8, 4) is 0 Å². The van der Waals surface area contributed by atoms with E-state index in [0.29, 0.717) is 0 Å². The van der Waals surface area contributed by atoms with Crippen molar-refractivity contribution in [3.63, 3.8) is 0 Å². The first-order valence-corrected chi connectivity index (χ1v) is 7.01. The van der Waals surface area contributed by atoms with Gasteiger partial charge in [-0.05, 0) is 0 Å². The van der Waals surface area contributed by atoms with E-state index in [0.717, 1.165) is 20.7 Å². The zero-order valence-corrected chi connectivity index (χ0v) is 10.8. The zero-order chi connectivity index (χ0) is 12.8. The summed E-state index contributed by atoms with van der Waals surface area (Å²) in [5.41, 5.74) is 0.404. The molecule has 18 heavy (non-hydrogen) atoms. The first-order valence-electron chi connectivity index (χ1n) is 5.30. The molecule has 0 aliphatic carbocycles. The van der Waals surface area contributed by atoms with Crippen LogP contribution in [-0.4, -0.2) is 15.0 Å². The summed E-state index contributed by atoms with van der Waals surface area (Å²) in [6.45, 7) is 0. The van der Waals surface area contributed by atoms with Gasteiger partial charge in [0, 0.05) is 0 Å². The number of para-hydroxylation sites is 2. The molecule has 92 valence electrons. The van der Waals surface area contributed by atoms with Crippen molar-refractivity contribution < 1.29 is 13.2 Å². The van der Waals surface area contributed by atoms with Crippen LogP contribution in [0.15, 0.2) is 42.5 Å². The van der Waals surface area contributed by atoms with Gasteiger partial charge in [0.25, 0.3) is 0 Å². The number of fused-ring (bicyclic) bond motifs is 2. The molecule has 0 unspecified atom stereocenters. The molecule has 1 aliphatic rings. The molecule has 0 saturated carbocycles. The second-order valence-electron chi connectivity index (χ2n) is 3.90. The molecule has 0 amide bonds. The van der Waals surface area contributed by atoms with Gasteiger partial charge < -0.3 is 0 Å². The van der Waals surface area contributed by atoms with Crippen LogP contribution in [0.5, 0.6) is 0 Å². The summed E-state index contributed by atoms with van der Waals surface area (Å²) in [6.07, 6.45) is -4.32. The van der Waals surface area contributed by atoms with Crippen molar-refractivity contribution in [2.75, 3.05) is 5.32 Å². The molecule has 1 heterocycles. The molecule has 0 bridgehead atoms. The Morgan fingerprint density at radius 2 is 1.61 bits per heavy atom. The fourth-order valence-electron chi connectivity index (χ4n) is 1.89. The van der Waals surface area contributed by atoms with Gasteiger partial charge in [-0.1, -0.05) is 0 Å². The Balaban J connectivity index is 2.14. The molecule has 1 aliphatic heterocycles. The maximum absolute atomic E-state index is 12.9. The number of hydrogen-bond donors (Lipinski definition) is 1. The number of alkyl halides is 3. The molecular weight excluding hydrogens is 306 g/mol. The molecule has 2 aromatic carbocycles. The maximum atomic E-state index is 12.9. The number of anilines is 2. The number of rotatable bonds is 0. The third-order valence-corrected chi connectivity index (χ3v) is 5.08. The second kappa shape index (κ2) is 4.04. The third-order valence-electron chi connectivity index (χ3n) is 2.70. The Morgan fingerprint density at radius 1 is 0.889 bits per heavy atom. The summed E-state index contributed by atoms with van der Waals surface area (Å²) in [4.78, 5) is 0. The molecule has 0 spiro atoms. The van der Waals surface area contributed by atoms with Crippen molar-refractivity contribution in [3.05, 3.63) is 48.0 Å². The molecule has 3 rings (SSSR count). The van der Waals surface area contributed by atoms with Crippen LogP contribution in [0.3, 0.4) is 0 Å². The molecule has 0 radical (unpaired) electrons. The minimum absolute atomic E-state index is 0.0849. The van der Waals surface area contributed by atoms with Crippen molar-refractivity contribution >= 4 is 35.3 Å². The quantitative estimate of drug-likeness (QED) is 0.629. The van der Waals surface area contributed by atoms with Gasteiger partial charge in [-0.3, -0.25) is 0 Å². The number of halogens is 3. The van der Waals surface area contributed by atoms with Crippen molar-refractivity contribution in [2.45, 2.75) is 6.18 Å². The van der Waals surface area contributed by atoms with Gasteiger partial charge >= 0.3 is 108 Å². The van der Waals surface area contributed by atoms with Gasteiger partial charge in [0.1, 0.15) is 0 Å². The van der Waals surface area contributed by atoms with Crippen molar-refractivity contribution in [2.24, 2.45) is 0 Å². The summed E-state index contributed by atoms with van der Waals surface area (Å²) in [5, 5.41) is 2.91. The van der Waals surface area contributed by atoms with Gasteiger partial charge in [0.2, 0.25) is 0 Å². The average Bonchev–Trinajstić information content (AvgIpc) is 2.34. The van der Waals surface area contributed by atoms with Gasteiger partial charge in [0.05, 0.1) is 0 Å². The van der Waals surface area contributed by atoms with Crippen LogP contribution in [-0.2, 0) is 6.18 Å². The second-order valence-corrected chi connectivity index (χ2v) is 6.17. The standard InChI is InChI=1S/C13H8F3NSe/c14-13(15,16)8-4-3-7-11-12(8)17-9-5-1-2-6-10(9)18-11/h1-7,17H. The summed E-state index contributed by atoms with van der Waals surface area (Å²) in [6, 6.07) is 11.8. The van der Waals surface area contributed by atoms with E-state index in [1.54, 1.807) is 6.07 Å². The van der Waals surface area contributed by atoms with Crippen LogP contribution >= 0.6 is 0 Å². The summed E-state index contributed by atoms with van der Waals surface area (Å²) < 4.78 is 40.6. The molecule has 1 N–H and O–H groups in total. The number of hydrogen-bond acceptors (Lipinski definition) is 1. The third kappa shape index (κ3) is 1.89. The summed E-state index contributed by atoms with van der Waals surface area (Å²) in [7, 11) is 0. The van der Waals surface area contributed by atoms with E-state index in [4.69, 9.17) is 0 Å². The monoisotopic (exact) mass is 315 g/mol. The zero-order valence-electron chi connectivity index (χ0n) is 9.08. The normalized spacial score (nSPS) is 13.5. The Labute approximate surface area is 108 Å². The van der Waals surface area contributed by atoms with E-state index in [9.17, 15) is 13.2 Å². The Morgan fingerprint density at radius 3 is 2.39 bits per heavy atom. The first-order chi connectivity index (χ1) is 8.55. The summed E-state index contributed by atoms with van der Waals surface area (Å²) >= 11 is -0.0849. The molecule has 0 aromatic heterocycles. The average molecular weight is 314 g/mol. The molecule has 2 aromatic rings. The Bertz CT molecular complexity index is 607. The Kier molecular flexibility index (Phi) is 2.61. The van der Waals surface area contributed by atoms with Crippen LogP contribution in [0.25, 0.3) is 0 Å². The van der Waals surface area contributed by atoms with E-state index >= 15 is 0 Å². The molecule has 0 atom stereocenters. The van der Waals surface area contributed by atoms with E-state index in [1.807, 2.05) is 24.3 Å². The van der Waals surface area contributed by atoms with E-state index in [-0.39, 0.29) is 20.6 Å². The number of nitrogens with one attached hydrogen (secondary N) is 1. The first kappa shape index (κ1) is 11.6. The summed E-state index contributed by atoms with van der Waals surface area (Å²) in [5.74, 6) is 0. The fraction of sp³-hybridized carbons (Fsp3) is 0.0769. The topological polar surface area (TPSA) is 12.0 Å². The van der Waals surface area contributed by atoms with Crippen LogP contribution in [0.4, 0.5) is 24.5 Å². The van der Waals surface area contributed by atoms with Crippen molar-refractivity contribution in [1.82, 2.24) is 0 Å². The minimum atomic E-state index is -4.32. The SMILES string of the molecule is FC(F)(F)c1cccc2c1Nc1ccccc1[Se]2. The van der Waals surface area contributed by atoms with Crippen LogP contribution in [0, 0.1) is 0 Å². The van der Waals surface area contributed by atoms with Crippen LogP contribution in [0.2, 0.25) is 0 Å². The predicted molar refractivity (Wildman–Crippen MR) is 66.2 cm³/mol. The predicted octanol–water partition coefficient (Wildman–Crippen LogP) is 2.42. The molecule has 0 fully saturated rings. The molecule has 0 saturated heterocycles. The van der Waals surface area contributed by atoms with Gasteiger partial charge in [0.15, 0.2) is 0 Å². The van der Waals surface area contributed by atoms with Gasteiger partial charge in [-0.2, -0.15) is 0 Å². The fourth-order valence-corrected chi connectivity index (χ4v) is 4.04. The van der Waals surface area contributed by atoms with E-state index < -0.39 is 11.7 Å².